The molecule has 1 N–H and O–H groups in total. The molecular formula is C28H28N4O4. The minimum Gasteiger partial charge on any atom is -0.490 e. The molecule has 0 spiro atoms. The third kappa shape index (κ3) is 5.33. The highest BCUT2D eigenvalue weighted by Crippen LogP contribution is 2.35. The van der Waals surface area contributed by atoms with Gasteiger partial charge >= 0.3 is 0 Å². The molecule has 8 heteroatoms. The molecule has 0 fully saturated rings. The van der Waals surface area contributed by atoms with Gasteiger partial charge in [-0.2, -0.15) is 5.10 Å². The van der Waals surface area contributed by atoms with Crippen LogP contribution in [0.3, 0.4) is 0 Å². The summed E-state index contributed by atoms with van der Waals surface area (Å²) < 4.78 is 19.0. The Morgan fingerprint density at radius 2 is 1.92 bits per heavy atom. The van der Waals surface area contributed by atoms with Gasteiger partial charge in [-0.05, 0) is 48.9 Å². The smallest absolute Gasteiger partial charge is 0.255 e. The maximum absolute atomic E-state index is 13.3. The van der Waals surface area contributed by atoms with Crippen LogP contribution in [0.4, 0.5) is 0 Å². The molecule has 184 valence electrons. The molecule has 1 unspecified atom stereocenters. The number of aryl methyl sites for hydroxylation is 1. The standard InChI is InChI=1S/C28H28N4O4/c1-19(21-6-9-23(10-7-21)36-18-20-5-3-12-29-16-20)30-28(33)24-17-32(2)31-27(24)22-8-11-25-26(15-22)35-14-4-13-34-25/h3,5-12,15-17,19H,4,13-14,18H2,1-2H3,(H,30,33). The predicted octanol–water partition coefficient (Wildman–Crippen LogP) is 4.71. The molecule has 36 heavy (non-hydrogen) atoms. The zero-order chi connectivity index (χ0) is 24.9. The average molecular weight is 485 g/mol. The van der Waals surface area contributed by atoms with Gasteiger partial charge in [-0.3, -0.25) is 14.5 Å². The van der Waals surface area contributed by atoms with Crippen LogP contribution in [-0.2, 0) is 13.7 Å². The second-order valence-corrected chi connectivity index (χ2v) is 8.69. The number of rotatable bonds is 7. The normalized spacial score (nSPS) is 13.5. The van der Waals surface area contributed by atoms with Crippen LogP contribution in [0.5, 0.6) is 17.2 Å². The van der Waals surface area contributed by atoms with E-state index in [2.05, 4.69) is 15.4 Å². The van der Waals surface area contributed by atoms with Crippen LogP contribution in [0, 0.1) is 0 Å². The Bertz CT molecular complexity index is 1340. The third-order valence-electron chi connectivity index (χ3n) is 5.95. The number of hydrogen-bond donors (Lipinski definition) is 1. The summed E-state index contributed by atoms with van der Waals surface area (Å²) in [6, 6.07) is 17.0. The zero-order valence-electron chi connectivity index (χ0n) is 20.3. The SMILES string of the molecule is CC(NC(=O)c1cn(C)nc1-c1ccc2c(c1)OCCCO2)c1ccc(OCc2cccnc2)cc1. The second kappa shape index (κ2) is 10.5. The Morgan fingerprint density at radius 3 is 2.69 bits per heavy atom. The van der Waals surface area contributed by atoms with Crippen molar-refractivity contribution in [1.29, 1.82) is 0 Å². The van der Waals surface area contributed by atoms with Crippen molar-refractivity contribution >= 4 is 5.91 Å². The van der Waals surface area contributed by atoms with Gasteiger partial charge in [0.2, 0.25) is 0 Å². The number of carbonyl (C=O) groups is 1. The Morgan fingerprint density at radius 1 is 1.11 bits per heavy atom. The van der Waals surface area contributed by atoms with Gasteiger partial charge in [0.15, 0.2) is 11.5 Å². The quantitative estimate of drug-likeness (QED) is 0.409. The van der Waals surface area contributed by atoms with Gasteiger partial charge in [0.05, 0.1) is 24.8 Å². The lowest BCUT2D eigenvalue weighted by atomic mass is 10.1. The number of fused-ring (bicyclic) bond motifs is 1. The highest BCUT2D eigenvalue weighted by atomic mass is 16.5. The van der Waals surface area contributed by atoms with Crippen LogP contribution in [0.1, 0.15) is 40.9 Å². The monoisotopic (exact) mass is 484 g/mol. The topological polar surface area (TPSA) is 87.5 Å². The first-order valence-electron chi connectivity index (χ1n) is 11.9. The van der Waals surface area contributed by atoms with E-state index in [9.17, 15) is 4.79 Å². The lowest BCUT2D eigenvalue weighted by Gasteiger charge is -2.15. The number of benzene rings is 2. The Hall–Kier alpha value is -4.33. The molecule has 0 saturated carbocycles. The number of pyridine rings is 1. The Labute approximate surface area is 209 Å². The summed E-state index contributed by atoms with van der Waals surface area (Å²) in [5, 5.41) is 7.64. The maximum Gasteiger partial charge on any atom is 0.255 e. The third-order valence-corrected chi connectivity index (χ3v) is 5.95. The van der Waals surface area contributed by atoms with Crippen molar-refractivity contribution in [2.24, 2.45) is 7.05 Å². The fourth-order valence-electron chi connectivity index (χ4n) is 4.04. The molecule has 1 aliphatic heterocycles. The first kappa shape index (κ1) is 23.4. The van der Waals surface area contributed by atoms with E-state index in [0.29, 0.717) is 42.6 Å². The van der Waals surface area contributed by atoms with Crippen LogP contribution < -0.4 is 19.5 Å². The van der Waals surface area contributed by atoms with E-state index in [0.717, 1.165) is 28.9 Å². The number of ether oxygens (including phenoxy) is 3. The van der Waals surface area contributed by atoms with Crippen molar-refractivity contribution in [3.63, 3.8) is 0 Å². The van der Waals surface area contributed by atoms with Crippen LogP contribution in [-0.4, -0.2) is 33.9 Å². The molecule has 1 atom stereocenters. The van der Waals surface area contributed by atoms with Gasteiger partial charge in [0.25, 0.3) is 5.91 Å². The summed E-state index contributed by atoms with van der Waals surface area (Å²) in [6.07, 6.45) is 6.08. The van der Waals surface area contributed by atoms with Gasteiger partial charge in [-0.25, -0.2) is 0 Å². The van der Waals surface area contributed by atoms with Crippen LogP contribution in [0.2, 0.25) is 0 Å². The number of hydrogen-bond acceptors (Lipinski definition) is 6. The van der Waals surface area contributed by atoms with Crippen molar-refractivity contribution < 1.29 is 19.0 Å². The molecule has 3 heterocycles. The van der Waals surface area contributed by atoms with E-state index in [-0.39, 0.29) is 11.9 Å². The second-order valence-electron chi connectivity index (χ2n) is 8.69. The summed E-state index contributed by atoms with van der Waals surface area (Å²) in [5.41, 5.74) is 3.86. The minimum atomic E-state index is -0.207. The molecule has 0 aliphatic carbocycles. The summed E-state index contributed by atoms with van der Waals surface area (Å²) in [4.78, 5) is 17.4. The van der Waals surface area contributed by atoms with Crippen molar-refractivity contribution in [2.75, 3.05) is 13.2 Å². The predicted molar refractivity (Wildman–Crippen MR) is 135 cm³/mol. The van der Waals surface area contributed by atoms with Crippen molar-refractivity contribution in [1.82, 2.24) is 20.1 Å². The van der Waals surface area contributed by atoms with Crippen LogP contribution in [0.25, 0.3) is 11.3 Å². The van der Waals surface area contributed by atoms with Crippen LogP contribution >= 0.6 is 0 Å². The lowest BCUT2D eigenvalue weighted by Crippen LogP contribution is -2.26. The molecule has 1 amide bonds. The van der Waals surface area contributed by atoms with E-state index < -0.39 is 0 Å². The molecule has 0 saturated heterocycles. The van der Waals surface area contributed by atoms with Crippen molar-refractivity contribution in [3.05, 3.63) is 89.9 Å². The van der Waals surface area contributed by atoms with Gasteiger partial charge in [0.1, 0.15) is 18.1 Å². The van der Waals surface area contributed by atoms with E-state index in [1.165, 1.54) is 0 Å². The minimum absolute atomic E-state index is 0.199. The Kier molecular flexibility index (Phi) is 6.84. The summed E-state index contributed by atoms with van der Waals surface area (Å²) >= 11 is 0. The molecule has 5 rings (SSSR count). The van der Waals surface area contributed by atoms with E-state index >= 15 is 0 Å². The average Bonchev–Trinajstić information content (AvgIpc) is 3.14. The molecule has 2 aromatic heterocycles. The van der Waals surface area contributed by atoms with Gasteiger partial charge in [-0.15, -0.1) is 0 Å². The fraction of sp³-hybridized carbons (Fsp3) is 0.250. The highest BCUT2D eigenvalue weighted by molar-refractivity contribution is 6.00. The largest absolute Gasteiger partial charge is 0.490 e. The van der Waals surface area contributed by atoms with Gasteiger partial charge in [-0.1, -0.05) is 18.2 Å². The van der Waals surface area contributed by atoms with Gasteiger partial charge < -0.3 is 19.5 Å². The molecular weight excluding hydrogens is 456 g/mol. The number of nitrogens with zero attached hydrogens (tertiary/aromatic N) is 3. The maximum atomic E-state index is 13.3. The molecule has 0 radical (unpaired) electrons. The molecule has 4 aromatic rings. The molecule has 2 aromatic carbocycles. The van der Waals surface area contributed by atoms with E-state index in [1.54, 1.807) is 30.3 Å². The van der Waals surface area contributed by atoms with E-state index in [1.807, 2.05) is 61.5 Å². The first-order valence-corrected chi connectivity index (χ1v) is 11.9. The molecule has 0 bridgehead atoms. The molecule has 1 aliphatic rings. The summed E-state index contributed by atoms with van der Waals surface area (Å²) in [6.45, 7) is 3.62. The van der Waals surface area contributed by atoms with Crippen LogP contribution in [0.15, 0.2) is 73.2 Å². The zero-order valence-corrected chi connectivity index (χ0v) is 20.3. The van der Waals surface area contributed by atoms with E-state index in [4.69, 9.17) is 14.2 Å². The summed E-state index contributed by atoms with van der Waals surface area (Å²) in [7, 11) is 1.80. The number of amides is 1. The van der Waals surface area contributed by atoms with Crippen molar-refractivity contribution in [2.45, 2.75) is 26.0 Å². The van der Waals surface area contributed by atoms with Crippen molar-refractivity contribution in [3.8, 4) is 28.5 Å². The fourth-order valence-corrected chi connectivity index (χ4v) is 4.04. The first-order chi connectivity index (χ1) is 17.6. The molecule has 8 nitrogen and oxygen atoms in total. The summed E-state index contributed by atoms with van der Waals surface area (Å²) in [5.74, 6) is 1.93. The number of carbonyl (C=O) groups excluding carboxylic acids is 1. The van der Waals surface area contributed by atoms with Gasteiger partial charge in [0, 0.05) is 43.2 Å². The number of aromatic nitrogens is 3. The number of nitrogens with one attached hydrogen (secondary N) is 1. The highest BCUT2D eigenvalue weighted by Gasteiger charge is 2.21. The lowest BCUT2D eigenvalue weighted by molar-refractivity contribution is 0.0940. The Balaban J connectivity index is 1.27.